The van der Waals surface area contributed by atoms with Gasteiger partial charge in [0.25, 0.3) is 0 Å². The van der Waals surface area contributed by atoms with Gasteiger partial charge in [0.1, 0.15) is 6.10 Å². The number of aryl methyl sites for hydroxylation is 1. The van der Waals surface area contributed by atoms with Crippen molar-refractivity contribution in [3.63, 3.8) is 0 Å². The third-order valence-electron chi connectivity index (χ3n) is 2.88. The Morgan fingerprint density at radius 1 is 1.53 bits per heavy atom. The number of ether oxygens (including phenoxy) is 1. The Kier molecular flexibility index (Phi) is 2.93. The van der Waals surface area contributed by atoms with Crippen molar-refractivity contribution in [2.45, 2.75) is 32.0 Å². The largest absolute Gasteiger partial charge is 0.398 e. The molecular formula is C12H17NO2. The van der Waals surface area contributed by atoms with E-state index in [4.69, 9.17) is 10.5 Å². The Hall–Kier alpha value is -1.06. The van der Waals surface area contributed by atoms with E-state index in [0.717, 1.165) is 30.6 Å². The molecular weight excluding hydrogens is 190 g/mol. The molecule has 1 aliphatic heterocycles. The van der Waals surface area contributed by atoms with Crippen molar-refractivity contribution in [1.29, 1.82) is 0 Å². The molecule has 1 fully saturated rings. The summed E-state index contributed by atoms with van der Waals surface area (Å²) < 4.78 is 5.45. The standard InChI is InChI=1S/C12H17NO2/c1-8-4-5-9(10(13)7-8)12(14)11-3-2-6-15-11/h4-5,7,11-12,14H,2-3,6,13H2,1H3. The summed E-state index contributed by atoms with van der Waals surface area (Å²) in [5.41, 5.74) is 8.42. The minimum absolute atomic E-state index is 0.0880. The highest BCUT2D eigenvalue weighted by Gasteiger charge is 2.26. The lowest BCUT2D eigenvalue weighted by Crippen LogP contribution is -2.18. The molecule has 2 unspecified atom stereocenters. The number of rotatable bonds is 2. The fraction of sp³-hybridized carbons (Fsp3) is 0.500. The van der Waals surface area contributed by atoms with Crippen LogP contribution in [0, 0.1) is 6.92 Å². The Labute approximate surface area is 89.9 Å². The van der Waals surface area contributed by atoms with E-state index in [0.29, 0.717) is 5.69 Å². The van der Waals surface area contributed by atoms with E-state index in [1.165, 1.54) is 0 Å². The zero-order chi connectivity index (χ0) is 10.8. The first kappa shape index (κ1) is 10.5. The minimum atomic E-state index is -0.590. The lowest BCUT2D eigenvalue weighted by molar-refractivity contribution is -0.00222. The summed E-state index contributed by atoms with van der Waals surface area (Å²) in [6.45, 7) is 2.73. The maximum atomic E-state index is 10.1. The fourth-order valence-corrected chi connectivity index (χ4v) is 2.02. The third-order valence-corrected chi connectivity index (χ3v) is 2.88. The van der Waals surface area contributed by atoms with Crippen LogP contribution in [0.2, 0.25) is 0 Å². The molecule has 2 rings (SSSR count). The van der Waals surface area contributed by atoms with Crippen molar-refractivity contribution in [3.8, 4) is 0 Å². The Balaban J connectivity index is 2.20. The summed E-state index contributed by atoms with van der Waals surface area (Å²) in [5.74, 6) is 0. The van der Waals surface area contributed by atoms with E-state index < -0.39 is 6.10 Å². The molecule has 3 N–H and O–H groups in total. The van der Waals surface area contributed by atoms with E-state index in [2.05, 4.69) is 0 Å². The summed E-state index contributed by atoms with van der Waals surface area (Å²) in [4.78, 5) is 0. The SMILES string of the molecule is Cc1ccc(C(O)C2CCCO2)c(N)c1. The number of nitrogens with two attached hydrogens (primary N) is 1. The van der Waals surface area contributed by atoms with Gasteiger partial charge in [0.2, 0.25) is 0 Å². The first-order valence-electron chi connectivity index (χ1n) is 5.34. The molecule has 0 aliphatic carbocycles. The summed E-state index contributed by atoms with van der Waals surface area (Å²) >= 11 is 0. The van der Waals surface area contributed by atoms with Gasteiger partial charge in [0.15, 0.2) is 0 Å². The van der Waals surface area contributed by atoms with Gasteiger partial charge in [-0.05, 0) is 31.4 Å². The molecule has 0 amide bonds. The summed E-state index contributed by atoms with van der Waals surface area (Å²) in [7, 11) is 0. The maximum Gasteiger partial charge on any atom is 0.107 e. The number of benzene rings is 1. The van der Waals surface area contributed by atoms with Crippen LogP contribution >= 0.6 is 0 Å². The minimum Gasteiger partial charge on any atom is -0.398 e. The van der Waals surface area contributed by atoms with Gasteiger partial charge in [0.05, 0.1) is 6.10 Å². The Morgan fingerprint density at radius 3 is 2.93 bits per heavy atom. The second-order valence-electron chi connectivity index (χ2n) is 4.13. The molecule has 1 aliphatic rings. The topological polar surface area (TPSA) is 55.5 Å². The molecule has 82 valence electrons. The predicted octanol–water partition coefficient (Wildman–Crippen LogP) is 1.79. The average Bonchev–Trinajstić information content (AvgIpc) is 2.69. The van der Waals surface area contributed by atoms with Gasteiger partial charge in [-0.2, -0.15) is 0 Å². The van der Waals surface area contributed by atoms with Crippen molar-refractivity contribution in [2.24, 2.45) is 0 Å². The zero-order valence-corrected chi connectivity index (χ0v) is 8.94. The lowest BCUT2D eigenvalue weighted by Gasteiger charge is -2.19. The highest BCUT2D eigenvalue weighted by atomic mass is 16.5. The van der Waals surface area contributed by atoms with Crippen LogP contribution in [0.5, 0.6) is 0 Å². The molecule has 0 aromatic heterocycles. The molecule has 0 radical (unpaired) electrons. The Bertz CT molecular complexity index is 345. The molecule has 1 aromatic carbocycles. The highest BCUT2D eigenvalue weighted by Crippen LogP contribution is 2.30. The van der Waals surface area contributed by atoms with Gasteiger partial charge < -0.3 is 15.6 Å². The van der Waals surface area contributed by atoms with Gasteiger partial charge >= 0.3 is 0 Å². The molecule has 2 atom stereocenters. The number of hydrogen-bond donors (Lipinski definition) is 2. The molecule has 1 aromatic rings. The number of aliphatic hydroxyl groups is 1. The molecule has 3 heteroatoms. The molecule has 0 bridgehead atoms. The number of hydrogen-bond acceptors (Lipinski definition) is 3. The van der Waals surface area contributed by atoms with Crippen LogP contribution < -0.4 is 5.73 Å². The van der Waals surface area contributed by atoms with Gasteiger partial charge in [-0.3, -0.25) is 0 Å². The van der Waals surface area contributed by atoms with Crippen LogP contribution in [0.1, 0.15) is 30.1 Å². The van der Waals surface area contributed by atoms with E-state index in [1.807, 2.05) is 25.1 Å². The fourth-order valence-electron chi connectivity index (χ4n) is 2.02. The lowest BCUT2D eigenvalue weighted by atomic mass is 9.99. The highest BCUT2D eigenvalue weighted by molar-refractivity contribution is 5.50. The van der Waals surface area contributed by atoms with Gasteiger partial charge in [0, 0.05) is 17.9 Å². The first-order chi connectivity index (χ1) is 7.18. The molecule has 1 heterocycles. The van der Waals surface area contributed by atoms with Gasteiger partial charge in [-0.25, -0.2) is 0 Å². The predicted molar refractivity (Wildman–Crippen MR) is 59.5 cm³/mol. The van der Waals surface area contributed by atoms with E-state index in [9.17, 15) is 5.11 Å². The molecule has 1 saturated heterocycles. The first-order valence-corrected chi connectivity index (χ1v) is 5.34. The second-order valence-corrected chi connectivity index (χ2v) is 4.13. The van der Waals surface area contributed by atoms with Crippen LogP contribution in [0.25, 0.3) is 0 Å². The summed E-state index contributed by atoms with van der Waals surface area (Å²) in [6, 6.07) is 5.73. The van der Waals surface area contributed by atoms with Crippen molar-refractivity contribution in [2.75, 3.05) is 12.3 Å². The summed E-state index contributed by atoms with van der Waals surface area (Å²) in [5, 5.41) is 10.1. The zero-order valence-electron chi connectivity index (χ0n) is 8.94. The average molecular weight is 207 g/mol. The van der Waals surface area contributed by atoms with Gasteiger partial charge in [-0.1, -0.05) is 12.1 Å². The normalized spacial score (nSPS) is 22.9. The second kappa shape index (κ2) is 4.21. The number of nitrogen functional groups attached to an aromatic ring is 1. The van der Waals surface area contributed by atoms with Gasteiger partial charge in [-0.15, -0.1) is 0 Å². The number of aliphatic hydroxyl groups excluding tert-OH is 1. The van der Waals surface area contributed by atoms with Crippen LogP contribution in [-0.2, 0) is 4.74 Å². The third kappa shape index (κ3) is 2.13. The maximum absolute atomic E-state index is 10.1. The monoisotopic (exact) mass is 207 g/mol. The van der Waals surface area contributed by atoms with Crippen LogP contribution in [0.15, 0.2) is 18.2 Å². The molecule has 3 nitrogen and oxygen atoms in total. The molecule has 0 spiro atoms. The van der Waals surface area contributed by atoms with Crippen molar-refractivity contribution in [3.05, 3.63) is 29.3 Å². The van der Waals surface area contributed by atoms with E-state index >= 15 is 0 Å². The Morgan fingerprint density at radius 2 is 2.33 bits per heavy atom. The van der Waals surface area contributed by atoms with Crippen LogP contribution in [0.4, 0.5) is 5.69 Å². The molecule has 15 heavy (non-hydrogen) atoms. The van der Waals surface area contributed by atoms with Crippen molar-refractivity contribution in [1.82, 2.24) is 0 Å². The van der Waals surface area contributed by atoms with Crippen LogP contribution in [-0.4, -0.2) is 17.8 Å². The van der Waals surface area contributed by atoms with E-state index in [-0.39, 0.29) is 6.10 Å². The van der Waals surface area contributed by atoms with Crippen molar-refractivity contribution >= 4 is 5.69 Å². The van der Waals surface area contributed by atoms with Crippen LogP contribution in [0.3, 0.4) is 0 Å². The molecule has 0 saturated carbocycles. The van der Waals surface area contributed by atoms with Crippen molar-refractivity contribution < 1.29 is 9.84 Å². The quantitative estimate of drug-likeness (QED) is 0.727. The number of anilines is 1. The smallest absolute Gasteiger partial charge is 0.107 e. The summed E-state index contributed by atoms with van der Waals surface area (Å²) in [6.07, 6.45) is 1.25. The van der Waals surface area contributed by atoms with E-state index in [1.54, 1.807) is 0 Å².